The molecule has 0 amide bonds. The van der Waals surface area contributed by atoms with E-state index in [9.17, 15) is 10.1 Å². The van der Waals surface area contributed by atoms with E-state index in [4.69, 9.17) is 4.74 Å². The number of hydrogen-bond donors (Lipinski definition) is 0. The van der Waals surface area contributed by atoms with Gasteiger partial charge in [-0.3, -0.25) is 4.79 Å². The highest BCUT2D eigenvalue weighted by atomic mass is 16.6. The summed E-state index contributed by atoms with van der Waals surface area (Å²) in [5, 5.41) is 9.26. The first-order chi connectivity index (χ1) is 8.27. The van der Waals surface area contributed by atoms with Crippen LogP contribution in [0.3, 0.4) is 0 Å². The number of carbonyl (C=O) groups excluding carboxylic acids is 1. The molecule has 1 atom stereocenters. The van der Waals surface area contributed by atoms with Gasteiger partial charge in [0.15, 0.2) is 5.41 Å². The molecule has 96 valence electrons. The van der Waals surface area contributed by atoms with Crippen LogP contribution in [-0.4, -0.2) is 11.6 Å². The fourth-order valence-electron chi connectivity index (χ4n) is 1.55. The summed E-state index contributed by atoms with van der Waals surface area (Å²) in [6, 6.07) is 11.6. The molecule has 0 heterocycles. The molecule has 18 heavy (non-hydrogen) atoms. The molecule has 0 bridgehead atoms. The van der Waals surface area contributed by atoms with Crippen molar-refractivity contribution < 1.29 is 9.53 Å². The fraction of sp³-hybridized carbons (Fsp3) is 0.467. The summed E-state index contributed by atoms with van der Waals surface area (Å²) in [5.74, 6) is -0.471. The average Bonchev–Trinajstić information content (AvgIpc) is 2.28. The molecule has 3 nitrogen and oxygen atoms in total. The van der Waals surface area contributed by atoms with E-state index in [2.05, 4.69) is 6.07 Å². The van der Waals surface area contributed by atoms with E-state index in [0.717, 1.165) is 5.56 Å². The second-order valence-electron chi connectivity index (χ2n) is 5.61. The minimum atomic E-state index is -1.14. The highest BCUT2D eigenvalue weighted by molar-refractivity contribution is 5.80. The third-order valence-corrected chi connectivity index (χ3v) is 2.50. The predicted octanol–water partition coefficient (Wildman–Crippen LogP) is 3.10. The van der Waals surface area contributed by atoms with Crippen molar-refractivity contribution in [2.24, 2.45) is 5.41 Å². The Morgan fingerprint density at radius 3 is 2.22 bits per heavy atom. The molecule has 1 rings (SSSR count). The van der Waals surface area contributed by atoms with Crippen LogP contribution in [0, 0.1) is 16.7 Å². The van der Waals surface area contributed by atoms with Crippen molar-refractivity contribution in [1.82, 2.24) is 0 Å². The monoisotopic (exact) mass is 245 g/mol. The summed E-state index contributed by atoms with van der Waals surface area (Å²) in [4.78, 5) is 12.1. The Labute approximate surface area is 108 Å². The van der Waals surface area contributed by atoms with Gasteiger partial charge in [0.1, 0.15) is 5.60 Å². The van der Waals surface area contributed by atoms with Gasteiger partial charge in [-0.05, 0) is 33.3 Å². The Morgan fingerprint density at radius 1 is 1.22 bits per heavy atom. The molecule has 1 aromatic carbocycles. The number of benzene rings is 1. The Bertz CT molecular complexity index is 454. The third kappa shape index (κ3) is 3.89. The first-order valence-electron chi connectivity index (χ1n) is 5.95. The average molecular weight is 245 g/mol. The Morgan fingerprint density at radius 2 is 1.78 bits per heavy atom. The van der Waals surface area contributed by atoms with Crippen LogP contribution < -0.4 is 0 Å². The van der Waals surface area contributed by atoms with Gasteiger partial charge in [-0.2, -0.15) is 5.26 Å². The Balaban J connectivity index is 2.87. The van der Waals surface area contributed by atoms with E-state index in [1.807, 2.05) is 30.3 Å². The van der Waals surface area contributed by atoms with E-state index in [-0.39, 0.29) is 0 Å². The van der Waals surface area contributed by atoms with Crippen molar-refractivity contribution >= 4 is 5.97 Å². The molecule has 0 aliphatic heterocycles. The van der Waals surface area contributed by atoms with Crippen LogP contribution >= 0.6 is 0 Å². The van der Waals surface area contributed by atoms with Crippen LogP contribution in [0.2, 0.25) is 0 Å². The zero-order valence-electron chi connectivity index (χ0n) is 11.4. The van der Waals surface area contributed by atoms with Crippen LogP contribution in [-0.2, 0) is 16.0 Å². The lowest BCUT2D eigenvalue weighted by Gasteiger charge is -2.26. The second kappa shape index (κ2) is 5.22. The molecule has 0 aliphatic carbocycles. The number of esters is 1. The van der Waals surface area contributed by atoms with Crippen LogP contribution in [0.4, 0.5) is 0 Å². The molecule has 1 aromatic rings. The van der Waals surface area contributed by atoms with Gasteiger partial charge < -0.3 is 4.74 Å². The van der Waals surface area contributed by atoms with Gasteiger partial charge >= 0.3 is 5.97 Å². The smallest absolute Gasteiger partial charge is 0.327 e. The van der Waals surface area contributed by atoms with E-state index >= 15 is 0 Å². The lowest BCUT2D eigenvalue weighted by atomic mass is 9.85. The number of ether oxygens (including phenoxy) is 1. The lowest BCUT2D eigenvalue weighted by molar-refractivity contribution is -0.163. The quantitative estimate of drug-likeness (QED) is 0.769. The van der Waals surface area contributed by atoms with E-state index in [1.165, 1.54) is 0 Å². The topological polar surface area (TPSA) is 50.1 Å². The van der Waals surface area contributed by atoms with E-state index in [1.54, 1.807) is 27.7 Å². The number of nitriles is 1. The van der Waals surface area contributed by atoms with Gasteiger partial charge in [0.05, 0.1) is 6.07 Å². The molecule has 0 N–H and O–H groups in total. The first kappa shape index (κ1) is 14.2. The van der Waals surface area contributed by atoms with Crippen molar-refractivity contribution in [2.75, 3.05) is 0 Å². The van der Waals surface area contributed by atoms with Crippen molar-refractivity contribution in [3.63, 3.8) is 0 Å². The minimum absolute atomic E-state index is 0.360. The largest absolute Gasteiger partial charge is 0.459 e. The van der Waals surface area contributed by atoms with Crippen molar-refractivity contribution in [2.45, 2.75) is 39.7 Å². The van der Waals surface area contributed by atoms with E-state index in [0.29, 0.717) is 6.42 Å². The second-order valence-corrected chi connectivity index (χ2v) is 5.61. The summed E-state index contributed by atoms with van der Waals surface area (Å²) in [6.45, 7) is 7.01. The minimum Gasteiger partial charge on any atom is -0.459 e. The van der Waals surface area contributed by atoms with Gasteiger partial charge in [0.2, 0.25) is 0 Å². The van der Waals surface area contributed by atoms with Crippen LogP contribution in [0.1, 0.15) is 33.3 Å². The SMILES string of the molecule is CC(C)(C)OC(=O)C(C)(C#N)Cc1ccccc1. The number of carbonyl (C=O) groups is 1. The molecule has 0 aliphatic rings. The summed E-state index contributed by atoms with van der Waals surface area (Å²) in [6.07, 6.45) is 0.360. The molecule has 3 heteroatoms. The van der Waals surface area contributed by atoms with E-state index < -0.39 is 17.0 Å². The normalized spacial score (nSPS) is 14.4. The molecular formula is C15H19NO2. The fourth-order valence-corrected chi connectivity index (χ4v) is 1.55. The van der Waals surface area contributed by atoms with Crippen LogP contribution in [0.25, 0.3) is 0 Å². The number of nitrogens with zero attached hydrogens (tertiary/aromatic N) is 1. The van der Waals surface area contributed by atoms with Crippen LogP contribution in [0.5, 0.6) is 0 Å². The van der Waals surface area contributed by atoms with Crippen molar-refractivity contribution in [3.8, 4) is 6.07 Å². The maximum absolute atomic E-state index is 12.1. The van der Waals surface area contributed by atoms with Crippen molar-refractivity contribution in [3.05, 3.63) is 35.9 Å². The van der Waals surface area contributed by atoms with Gasteiger partial charge in [0, 0.05) is 6.42 Å². The van der Waals surface area contributed by atoms with Gasteiger partial charge in [0.25, 0.3) is 0 Å². The molecule has 1 unspecified atom stereocenters. The summed E-state index contributed by atoms with van der Waals surface area (Å²) < 4.78 is 5.30. The first-order valence-corrected chi connectivity index (χ1v) is 5.95. The number of hydrogen-bond acceptors (Lipinski definition) is 3. The highest BCUT2D eigenvalue weighted by Crippen LogP contribution is 2.26. The van der Waals surface area contributed by atoms with Crippen molar-refractivity contribution in [1.29, 1.82) is 5.26 Å². The number of rotatable bonds is 3. The maximum atomic E-state index is 12.1. The van der Waals surface area contributed by atoms with Gasteiger partial charge in [-0.1, -0.05) is 30.3 Å². The third-order valence-electron chi connectivity index (χ3n) is 2.50. The molecule has 0 saturated carbocycles. The highest BCUT2D eigenvalue weighted by Gasteiger charge is 2.37. The summed E-state index contributed by atoms with van der Waals surface area (Å²) in [5.41, 5.74) is -0.770. The van der Waals surface area contributed by atoms with Gasteiger partial charge in [-0.25, -0.2) is 0 Å². The van der Waals surface area contributed by atoms with Gasteiger partial charge in [-0.15, -0.1) is 0 Å². The molecule has 0 fully saturated rings. The summed E-state index contributed by atoms with van der Waals surface area (Å²) in [7, 11) is 0. The Kier molecular flexibility index (Phi) is 4.13. The maximum Gasteiger partial charge on any atom is 0.327 e. The molecule has 0 radical (unpaired) electrons. The molecule has 0 saturated heterocycles. The summed E-state index contributed by atoms with van der Waals surface area (Å²) >= 11 is 0. The zero-order chi connectivity index (χ0) is 13.8. The Hall–Kier alpha value is -1.82. The molecular weight excluding hydrogens is 226 g/mol. The van der Waals surface area contributed by atoms with Crippen LogP contribution in [0.15, 0.2) is 30.3 Å². The standard InChI is InChI=1S/C15H19NO2/c1-14(2,3)18-13(17)15(4,11-16)10-12-8-6-5-7-9-12/h5-9H,10H2,1-4H3. The molecule has 0 spiro atoms. The lowest BCUT2D eigenvalue weighted by Crippen LogP contribution is -2.36. The predicted molar refractivity (Wildman–Crippen MR) is 69.7 cm³/mol. The molecule has 0 aromatic heterocycles. The zero-order valence-corrected chi connectivity index (χ0v) is 11.4.